The molecule has 0 saturated carbocycles. The van der Waals surface area contributed by atoms with Crippen LogP contribution in [0.4, 0.5) is 5.82 Å². The molecule has 112 valence electrons. The highest BCUT2D eigenvalue weighted by Crippen LogP contribution is 2.22. The summed E-state index contributed by atoms with van der Waals surface area (Å²) in [6.45, 7) is 6.97. The first-order valence-electron chi connectivity index (χ1n) is 7.14. The highest BCUT2D eigenvalue weighted by Gasteiger charge is 2.21. The Morgan fingerprint density at radius 3 is 2.75 bits per heavy atom. The van der Waals surface area contributed by atoms with Crippen LogP contribution >= 0.6 is 11.6 Å². The zero-order valence-electron chi connectivity index (χ0n) is 12.1. The Hall–Kier alpha value is -1.07. The third-order valence-corrected chi connectivity index (χ3v) is 3.44. The van der Waals surface area contributed by atoms with E-state index in [1.807, 2.05) is 19.9 Å². The number of anilines is 1. The average molecular weight is 300 g/mol. The number of ether oxygens (including phenoxy) is 2. The number of aryl methyl sites for hydroxylation is 1. The minimum absolute atomic E-state index is 0.319. The van der Waals surface area contributed by atoms with Crippen LogP contribution in [0.1, 0.15) is 25.6 Å². The lowest BCUT2D eigenvalue weighted by Crippen LogP contribution is -2.37. The first-order valence-corrected chi connectivity index (χ1v) is 7.67. The maximum atomic E-state index is 5.69. The van der Waals surface area contributed by atoms with E-state index in [-0.39, 0.29) is 0 Å². The Morgan fingerprint density at radius 2 is 2.10 bits per heavy atom. The van der Waals surface area contributed by atoms with Gasteiger partial charge in [0.2, 0.25) is 5.88 Å². The Morgan fingerprint density at radius 1 is 1.35 bits per heavy atom. The van der Waals surface area contributed by atoms with E-state index < -0.39 is 0 Å². The summed E-state index contributed by atoms with van der Waals surface area (Å²) >= 11 is 5.64. The second kappa shape index (κ2) is 7.64. The summed E-state index contributed by atoms with van der Waals surface area (Å²) in [5.74, 6) is 2.89. The van der Waals surface area contributed by atoms with E-state index in [0.717, 1.165) is 37.6 Å². The van der Waals surface area contributed by atoms with Gasteiger partial charge in [-0.2, -0.15) is 4.98 Å². The summed E-state index contributed by atoms with van der Waals surface area (Å²) in [7, 11) is 0. The van der Waals surface area contributed by atoms with Crippen LogP contribution in [-0.4, -0.2) is 48.3 Å². The van der Waals surface area contributed by atoms with E-state index in [1.165, 1.54) is 0 Å². The normalized spacial score (nSPS) is 16.4. The van der Waals surface area contributed by atoms with Crippen molar-refractivity contribution in [3.8, 4) is 5.88 Å². The van der Waals surface area contributed by atoms with Gasteiger partial charge >= 0.3 is 0 Å². The molecule has 0 amide bonds. The van der Waals surface area contributed by atoms with E-state index in [0.29, 0.717) is 31.1 Å². The number of hydrogen-bond acceptors (Lipinski definition) is 5. The van der Waals surface area contributed by atoms with Crippen molar-refractivity contribution in [1.82, 2.24) is 9.97 Å². The molecular formula is C14H22ClN3O2. The molecule has 0 aliphatic carbocycles. The van der Waals surface area contributed by atoms with E-state index in [9.17, 15) is 0 Å². The van der Waals surface area contributed by atoms with Gasteiger partial charge in [0, 0.05) is 25.0 Å². The fraction of sp³-hybridized carbons (Fsp3) is 0.714. The molecule has 0 atom stereocenters. The SMILES string of the molecule is CCOc1cc(N2CCC(OCCCl)CC2)nc(C)n1. The van der Waals surface area contributed by atoms with Crippen LogP contribution in [0, 0.1) is 6.92 Å². The summed E-state index contributed by atoms with van der Waals surface area (Å²) in [4.78, 5) is 11.0. The fourth-order valence-corrected chi connectivity index (χ4v) is 2.46. The lowest BCUT2D eigenvalue weighted by molar-refractivity contribution is 0.0471. The van der Waals surface area contributed by atoms with Crippen molar-refractivity contribution in [3.63, 3.8) is 0 Å². The van der Waals surface area contributed by atoms with Gasteiger partial charge in [-0.15, -0.1) is 11.6 Å². The molecular weight excluding hydrogens is 278 g/mol. The van der Waals surface area contributed by atoms with Gasteiger partial charge in [0.15, 0.2) is 0 Å². The maximum Gasteiger partial charge on any atom is 0.218 e. The summed E-state index contributed by atoms with van der Waals surface area (Å²) in [5, 5.41) is 0. The Balaban J connectivity index is 1.96. The minimum atomic E-state index is 0.319. The number of alkyl halides is 1. The lowest BCUT2D eigenvalue weighted by Gasteiger charge is -2.32. The summed E-state index contributed by atoms with van der Waals surface area (Å²) in [6.07, 6.45) is 2.33. The highest BCUT2D eigenvalue weighted by molar-refractivity contribution is 6.17. The first kappa shape index (κ1) is 15.3. The summed E-state index contributed by atoms with van der Waals surface area (Å²) in [6, 6.07) is 1.91. The molecule has 6 heteroatoms. The van der Waals surface area contributed by atoms with Gasteiger partial charge in [0.25, 0.3) is 0 Å². The Bertz CT molecular complexity index is 423. The molecule has 0 aromatic carbocycles. The van der Waals surface area contributed by atoms with E-state index in [2.05, 4.69) is 14.9 Å². The van der Waals surface area contributed by atoms with Gasteiger partial charge in [-0.3, -0.25) is 0 Å². The van der Waals surface area contributed by atoms with Crippen LogP contribution in [0.15, 0.2) is 6.07 Å². The van der Waals surface area contributed by atoms with Crippen LogP contribution < -0.4 is 9.64 Å². The van der Waals surface area contributed by atoms with Crippen molar-refractivity contribution < 1.29 is 9.47 Å². The fourth-order valence-electron chi connectivity index (χ4n) is 2.37. The molecule has 2 heterocycles. The van der Waals surface area contributed by atoms with Crippen molar-refractivity contribution in [2.75, 3.05) is 37.1 Å². The van der Waals surface area contributed by atoms with Crippen LogP contribution in [0.3, 0.4) is 0 Å². The quantitative estimate of drug-likeness (QED) is 0.755. The minimum Gasteiger partial charge on any atom is -0.478 e. The molecule has 1 aliphatic heterocycles. The predicted molar refractivity (Wildman–Crippen MR) is 79.8 cm³/mol. The largest absolute Gasteiger partial charge is 0.478 e. The number of aromatic nitrogens is 2. The molecule has 0 radical (unpaired) electrons. The summed E-state index contributed by atoms with van der Waals surface area (Å²) in [5.41, 5.74) is 0. The van der Waals surface area contributed by atoms with Gasteiger partial charge in [-0.25, -0.2) is 4.98 Å². The van der Waals surface area contributed by atoms with Crippen LogP contribution in [-0.2, 0) is 4.74 Å². The molecule has 0 bridgehead atoms. The molecule has 1 aliphatic rings. The number of hydrogen-bond donors (Lipinski definition) is 0. The van der Waals surface area contributed by atoms with Gasteiger partial charge < -0.3 is 14.4 Å². The van der Waals surface area contributed by atoms with Gasteiger partial charge in [0.05, 0.1) is 19.3 Å². The second-order valence-corrected chi connectivity index (χ2v) is 5.17. The smallest absolute Gasteiger partial charge is 0.218 e. The van der Waals surface area contributed by atoms with Gasteiger partial charge in [-0.1, -0.05) is 0 Å². The Kier molecular flexibility index (Phi) is 5.86. The monoisotopic (exact) mass is 299 g/mol. The Labute approximate surface area is 125 Å². The molecule has 0 spiro atoms. The van der Waals surface area contributed by atoms with Crippen LogP contribution in [0.25, 0.3) is 0 Å². The van der Waals surface area contributed by atoms with E-state index in [1.54, 1.807) is 0 Å². The lowest BCUT2D eigenvalue weighted by atomic mass is 10.1. The molecule has 20 heavy (non-hydrogen) atoms. The number of halogens is 1. The standard InChI is InChI=1S/C14H22ClN3O2/c1-3-19-14-10-13(16-11(2)17-14)18-7-4-12(5-8-18)20-9-6-15/h10,12H,3-9H2,1-2H3. The van der Waals surface area contributed by atoms with Gasteiger partial charge in [-0.05, 0) is 26.7 Å². The highest BCUT2D eigenvalue weighted by atomic mass is 35.5. The average Bonchev–Trinajstić information content (AvgIpc) is 2.45. The third-order valence-electron chi connectivity index (χ3n) is 3.29. The zero-order chi connectivity index (χ0) is 14.4. The van der Waals surface area contributed by atoms with Crippen molar-refractivity contribution in [2.45, 2.75) is 32.8 Å². The number of nitrogens with zero attached hydrogens (tertiary/aromatic N) is 3. The van der Waals surface area contributed by atoms with Crippen molar-refractivity contribution in [1.29, 1.82) is 0 Å². The van der Waals surface area contributed by atoms with Crippen molar-refractivity contribution in [2.24, 2.45) is 0 Å². The molecule has 2 rings (SSSR count). The second-order valence-electron chi connectivity index (χ2n) is 4.79. The molecule has 1 aromatic rings. The molecule has 1 fully saturated rings. The van der Waals surface area contributed by atoms with Gasteiger partial charge in [0.1, 0.15) is 11.6 Å². The van der Waals surface area contributed by atoms with Crippen molar-refractivity contribution in [3.05, 3.63) is 11.9 Å². The maximum absolute atomic E-state index is 5.69. The molecule has 0 unspecified atom stereocenters. The van der Waals surface area contributed by atoms with Crippen LogP contribution in [0.5, 0.6) is 5.88 Å². The molecule has 0 N–H and O–H groups in total. The number of rotatable bonds is 6. The van der Waals surface area contributed by atoms with Crippen molar-refractivity contribution >= 4 is 17.4 Å². The third kappa shape index (κ3) is 4.21. The summed E-state index contributed by atoms with van der Waals surface area (Å²) < 4.78 is 11.2. The van der Waals surface area contributed by atoms with E-state index in [4.69, 9.17) is 21.1 Å². The number of piperidine rings is 1. The topological polar surface area (TPSA) is 47.5 Å². The molecule has 1 aromatic heterocycles. The zero-order valence-corrected chi connectivity index (χ0v) is 12.9. The molecule has 5 nitrogen and oxygen atoms in total. The predicted octanol–water partition coefficient (Wildman–Crippen LogP) is 2.41. The molecule has 1 saturated heterocycles. The van der Waals surface area contributed by atoms with E-state index >= 15 is 0 Å². The first-order chi connectivity index (χ1) is 9.72. The van der Waals surface area contributed by atoms with Crippen LogP contribution in [0.2, 0.25) is 0 Å².